The molecule has 0 saturated heterocycles. The minimum Gasteiger partial charge on any atom is -0.756 e. The minimum atomic E-state index is -4.20. The van der Waals surface area contributed by atoms with E-state index in [2.05, 4.69) is 67.2 Å². The second-order valence-electron chi connectivity index (χ2n) is 13.8. The number of rotatable bonds is 19. The Morgan fingerprint density at radius 3 is 2.11 bits per heavy atom. The van der Waals surface area contributed by atoms with Crippen molar-refractivity contribution in [3.05, 3.63) is 83.9 Å². The Kier molecular flexibility index (Phi) is 12.6. The van der Waals surface area contributed by atoms with Crippen LogP contribution in [0.1, 0.15) is 88.2 Å². The zero-order valence-corrected chi connectivity index (χ0v) is 28.1. The molecule has 2 aliphatic rings. The van der Waals surface area contributed by atoms with Gasteiger partial charge in [0.2, 0.25) is 0 Å². The smallest absolute Gasteiger partial charge is 0.268 e. The molecule has 4 rings (SSSR count). The summed E-state index contributed by atoms with van der Waals surface area (Å²) in [5, 5.41) is 11.2. The molecule has 2 aromatic carbocycles. The Bertz CT molecular complexity index is 1270. The van der Waals surface area contributed by atoms with E-state index in [4.69, 9.17) is 9.05 Å². The lowest BCUT2D eigenvalue weighted by molar-refractivity contribution is -0.870. The first-order valence-electron chi connectivity index (χ1n) is 16.6. The van der Waals surface area contributed by atoms with Crippen molar-refractivity contribution in [1.29, 1.82) is 0 Å². The molecule has 1 saturated carbocycles. The molecule has 1 N–H and O–H groups in total. The summed E-state index contributed by atoms with van der Waals surface area (Å²) in [4.78, 5) is 11.9. The van der Waals surface area contributed by atoms with Gasteiger partial charge < -0.3 is 23.5 Å². The van der Waals surface area contributed by atoms with Gasteiger partial charge in [0.15, 0.2) is 0 Å². The van der Waals surface area contributed by atoms with Crippen molar-refractivity contribution in [2.75, 3.05) is 40.9 Å². The largest absolute Gasteiger partial charge is 0.756 e. The lowest BCUT2D eigenvalue weighted by Crippen LogP contribution is -2.37. The van der Waals surface area contributed by atoms with Gasteiger partial charge in [0.1, 0.15) is 13.2 Å². The maximum Gasteiger partial charge on any atom is 0.268 e. The van der Waals surface area contributed by atoms with Crippen LogP contribution in [0.15, 0.2) is 72.8 Å². The van der Waals surface area contributed by atoms with Crippen LogP contribution in [0.2, 0.25) is 0 Å². The number of hydrogen-bond acceptors (Lipinski definition) is 5. The van der Waals surface area contributed by atoms with E-state index >= 15 is 0 Å². The highest BCUT2D eigenvalue weighted by Gasteiger charge is 2.56. The van der Waals surface area contributed by atoms with Crippen LogP contribution in [0.3, 0.4) is 0 Å². The molecule has 7 heteroatoms. The second kappa shape index (κ2) is 16.0. The minimum absolute atomic E-state index is 0.140. The van der Waals surface area contributed by atoms with Crippen LogP contribution in [0.4, 0.5) is 0 Å². The molecular weight excluding hydrogens is 569 g/mol. The lowest BCUT2D eigenvalue weighted by atomic mass is 9.66. The third kappa shape index (κ3) is 9.25. The van der Waals surface area contributed by atoms with Crippen LogP contribution in [0.25, 0.3) is 11.1 Å². The molecule has 44 heavy (non-hydrogen) atoms. The Hall–Kier alpha value is -2.05. The van der Waals surface area contributed by atoms with Crippen molar-refractivity contribution in [3.8, 4) is 0 Å². The molecule has 0 spiro atoms. The van der Waals surface area contributed by atoms with E-state index < -0.39 is 7.82 Å². The zero-order valence-electron chi connectivity index (χ0n) is 27.2. The molecule has 6 nitrogen and oxygen atoms in total. The topological polar surface area (TPSA) is 78.8 Å². The maximum atomic E-state index is 11.9. The highest BCUT2D eigenvalue weighted by molar-refractivity contribution is 7.45. The predicted molar refractivity (Wildman–Crippen MR) is 179 cm³/mol. The van der Waals surface area contributed by atoms with Gasteiger partial charge in [-0.1, -0.05) is 111 Å². The molecule has 0 amide bonds. The molecule has 0 bridgehead atoms. The first kappa shape index (κ1) is 34.8. The standard InChI is InChI=1S/C37H54NO5P/c1-30(31-19-14-11-15-20-31)37-25-24-35(39)34(37)29-33(36(37)32-21-16-12-17-22-32)23-13-9-7-5-6-8-10-18-27-42-44(40,41)43-28-26-38(2,3)4/h11-12,14-17,19-22,34-35,39H,1,5-10,13,18,23-29H2,2-4H3/t34-,35+,37-/m0/s1. The number of nitrogens with zero attached hydrogens (tertiary/aromatic N) is 1. The van der Waals surface area contributed by atoms with Crippen LogP contribution in [-0.2, 0) is 13.6 Å². The van der Waals surface area contributed by atoms with Gasteiger partial charge in [-0.05, 0) is 60.8 Å². The maximum absolute atomic E-state index is 11.9. The highest BCUT2D eigenvalue weighted by Crippen LogP contribution is 2.66. The van der Waals surface area contributed by atoms with E-state index in [9.17, 15) is 14.6 Å². The summed E-state index contributed by atoms with van der Waals surface area (Å²) < 4.78 is 22.5. The number of aliphatic hydroxyl groups excluding tert-OH is 1. The van der Waals surface area contributed by atoms with Gasteiger partial charge in [0.25, 0.3) is 7.82 Å². The number of unbranched alkanes of at least 4 members (excludes halogenated alkanes) is 7. The van der Waals surface area contributed by atoms with Crippen LogP contribution < -0.4 is 4.89 Å². The van der Waals surface area contributed by atoms with E-state index in [0.717, 1.165) is 63.4 Å². The van der Waals surface area contributed by atoms with E-state index in [1.54, 1.807) is 0 Å². The molecule has 0 aromatic heterocycles. The fraction of sp³-hybridized carbons (Fsp3) is 0.568. The number of phosphoric ester groups is 1. The van der Waals surface area contributed by atoms with E-state index in [1.165, 1.54) is 41.5 Å². The van der Waals surface area contributed by atoms with E-state index in [1.807, 2.05) is 21.1 Å². The third-order valence-corrected chi connectivity index (χ3v) is 10.6. The number of benzene rings is 2. The second-order valence-corrected chi connectivity index (χ2v) is 15.2. The SMILES string of the molecule is C=C(c1ccccc1)[C@@]12CC[C@@H](O)[C@@H]1CC(CCCCCCCCCCOP(=O)([O-])OCC[N+](C)(C)C)=C2c1ccccc1. The Morgan fingerprint density at radius 1 is 0.909 bits per heavy atom. The fourth-order valence-electron chi connectivity index (χ4n) is 7.25. The number of hydrogen-bond donors (Lipinski definition) is 1. The van der Waals surface area contributed by atoms with Gasteiger partial charge in [0, 0.05) is 11.3 Å². The average molecular weight is 624 g/mol. The van der Waals surface area contributed by atoms with E-state index in [0.29, 0.717) is 11.0 Å². The predicted octanol–water partition coefficient (Wildman–Crippen LogP) is 8.03. The van der Waals surface area contributed by atoms with Gasteiger partial charge in [-0.2, -0.15) is 0 Å². The normalized spacial score (nSPS) is 23.1. The summed E-state index contributed by atoms with van der Waals surface area (Å²) in [5.74, 6) is 0.189. The average Bonchev–Trinajstić information content (AvgIpc) is 3.49. The summed E-state index contributed by atoms with van der Waals surface area (Å²) in [6.45, 7) is 5.62. The third-order valence-electron chi connectivity index (χ3n) is 9.55. The van der Waals surface area contributed by atoms with Crippen LogP contribution in [0.5, 0.6) is 0 Å². The number of allylic oxidation sites excluding steroid dienone is 3. The Morgan fingerprint density at radius 2 is 1.48 bits per heavy atom. The molecule has 242 valence electrons. The van der Waals surface area contributed by atoms with Crippen LogP contribution in [0, 0.1) is 11.3 Å². The first-order chi connectivity index (χ1) is 21.0. The molecule has 2 aliphatic carbocycles. The van der Waals surface area contributed by atoms with Crippen molar-refractivity contribution in [2.24, 2.45) is 11.3 Å². The van der Waals surface area contributed by atoms with Gasteiger partial charge >= 0.3 is 0 Å². The zero-order chi connectivity index (χ0) is 31.6. The van der Waals surface area contributed by atoms with E-state index in [-0.39, 0.29) is 30.7 Å². The fourth-order valence-corrected chi connectivity index (χ4v) is 7.98. The van der Waals surface area contributed by atoms with Gasteiger partial charge in [-0.3, -0.25) is 4.57 Å². The number of phosphoric acid groups is 1. The van der Waals surface area contributed by atoms with Crippen LogP contribution in [-0.4, -0.2) is 56.6 Å². The summed E-state index contributed by atoms with van der Waals surface area (Å²) in [6.07, 6.45) is 12.2. The lowest BCUT2D eigenvalue weighted by Gasteiger charge is -2.37. The molecule has 2 aromatic rings. The van der Waals surface area contributed by atoms with Crippen molar-refractivity contribution < 1.29 is 28.1 Å². The first-order valence-corrected chi connectivity index (χ1v) is 18.1. The van der Waals surface area contributed by atoms with Crippen molar-refractivity contribution >= 4 is 19.0 Å². The molecule has 0 heterocycles. The molecule has 1 fully saturated rings. The molecular formula is C37H54NO5P. The number of quaternary nitrogens is 1. The van der Waals surface area contributed by atoms with Crippen molar-refractivity contribution in [1.82, 2.24) is 0 Å². The van der Waals surface area contributed by atoms with Gasteiger partial charge in [0.05, 0.1) is 33.9 Å². The summed E-state index contributed by atoms with van der Waals surface area (Å²) in [6, 6.07) is 21.4. The Labute approximate surface area is 266 Å². The molecule has 0 aliphatic heterocycles. The molecule has 4 atom stereocenters. The number of fused-ring (bicyclic) bond motifs is 1. The van der Waals surface area contributed by atoms with Crippen LogP contribution >= 0.6 is 7.82 Å². The van der Waals surface area contributed by atoms with Crippen molar-refractivity contribution in [2.45, 2.75) is 83.2 Å². The Balaban J connectivity index is 1.23. The summed E-state index contributed by atoms with van der Waals surface area (Å²) >= 11 is 0. The number of likely N-dealkylation sites (N-methyl/N-ethyl adjacent to an activating group) is 1. The monoisotopic (exact) mass is 623 g/mol. The summed E-state index contributed by atoms with van der Waals surface area (Å²) in [5.41, 5.74) is 6.34. The molecule has 0 radical (unpaired) electrons. The van der Waals surface area contributed by atoms with Crippen molar-refractivity contribution in [3.63, 3.8) is 0 Å². The quantitative estimate of drug-likeness (QED) is 0.0974. The van der Waals surface area contributed by atoms with Gasteiger partial charge in [-0.25, -0.2) is 0 Å². The number of aliphatic hydroxyl groups is 1. The summed E-state index contributed by atoms with van der Waals surface area (Å²) in [7, 11) is 1.77. The van der Waals surface area contributed by atoms with Gasteiger partial charge in [-0.15, -0.1) is 0 Å². The molecule has 1 unspecified atom stereocenters. The highest BCUT2D eigenvalue weighted by atomic mass is 31.2.